The van der Waals surface area contributed by atoms with Gasteiger partial charge in [0.15, 0.2) is 0 Å². The summed E-state index contributed by atoms with van der Waals surface area (Å²) in [5.74, 6) is -0.000808. The second-order valence-corrected chi connectivity index (χ2v) is 5.47. The Balaban J connectivity index is 1.89. The summed E-state index contributed by atoms with van der Waals surface area (Å²) in [5.41, 5.74) is 3.18. The molecule has 2 rings (SSSR count). The number of carbonyl (C=O) groups excluding carboxylic acids is 1. The molecule has 114 valence electrons. The molecule has 0 unspecified atom stereocenters. The standard InChI is InChI=1S/C17H25N3O/c1-3-12-20(2)16-6-4-15(5-7-16)17(21)19-13-14-8-10-18-11-9-14/h4-8,18H,3,9-13H2,1-2H3,(H,19,21). The van der Waals surface area contributed by atoms with E-state index in [1.807, 2.05) is 24.3 Å². The first-order valence-electron chi connectivity index (χ1n) is 7.68. The van der Waals surface area contributed by atoms with Gasteiger partial charge in [-0.25, -0.2) is 0 Å². The normalized spacial score (nSPS) is 14.5. The lowest BCUT2D eigenvalue weighted by Gasteiger charge is -2.18. The van der Waals surface area contributed by atoms with E-state index in [1.54, 1.807) is 0 Å². The Hall–Kier alpha value is -1.81. The van der Waals surface area contributed by atoms with Crippen LogP contribution in [0.5, 0.6) is 0 Å². The quantitative estimate of drug-likeness (QED) is 0.788. The minimum atomic E-state index is -0.000808. The van der Waals surface area contributed by atoms with Crippen molar-refractivity contribution in [3.05, 3.63) is 41.5 Å². The molecule has 0 aromatic heterocycles. The Morgan fingerprint density at radius 1 is 1.33 bits per heavy atom. The first-order chi connectivity index (χ1) is 10.2. The van der Waals surface area contributed by atoms with Crippen molar-refractivity contribution >= 4 is 11.6 Å². The van der Waals surface area contributed by atoms with E-state index in [0.717, 1.165) is 43.7 Å². The number of rotatable bonds is 6. The van der Waals surface area contributed by atoms with Crippen molar-refractivity contribution in [3.63, 3.8) is 0 Å². The van der Waals surface area contributed by atoms with Gasteiger partial charge in [-0.2, -0.15) is 0 Å². The third-order valence-corrected chi connectivity index (χ3v) is 3.76. The van der Waals surface area contributed by atoms with Gasteiger partial charge in [-0.1, -0.05) is 18.6 Å². The van der Waals surface area contributed by atoms with Crippen LogP contribution in [-0.2, 0) is 0 Å². The van der Waals surface area contributed by atoms with E-state index in [2.05, 4.69) is 35.6 Å². The maximum Gasteiger partial charge on any atom is 0.251 e. The van der Waals surface area contributed by atoms with Crippen LogP contribution in [0.1, 0.15) is 30.1 Å². The fraction of sp³-hybridized carbons (Fsp3) is 0.471. The van der Waals surface area contributed by atoms with Crippen molar-refractivity contribution in [2.75, 3.05) is 38.1 Å². The monoisotopic (exact) mass is 287 g/mol. The Kier molecular flexibility index (Phi) is 5.81. The third-order valence-electron chi connectivity index (χ3n) is 3.76. The third kappa shape index (κ3) is 4.60. The lowest BCUT2D eigenvalue weighted by Crippen LogP contribution is -2.29. The largest absolute Gasteiger partial charge is 0.375 e. The van der Waals surface area contributed by atoms with Crippen LogP contribution >= 0.6 is 0 Å². The molecule has 2 N–H and O–H groups in total. The fourth-order valence-electron chi connectivity index (χ4n) is 2.46. The van der Waals surface area contributed by atoms with Gasteiger partial charge in [0.2, 0.25) is 0 Å². The molecule has 0 spiro atoms. The van der Waals surface area contributed by atoms with Gasteiger partial charge >= 0.3 is 0 Å². The second kappa shape index (κ2) is 7.84. The molecule has 4 heteroatoms. The van der Waals surface area contributed by atoms with Crippen LogP contribution in [-0.4, -0.2) is 39.1 Å². The molecule has 1 aromatic rings. The summed E-state index contributed by atoms with van der Waals surface area (Å²) in [6.45, 7) is 5.74. The molecular weight excluding hydrogens is 262 g/mol. The summed E-state index contributed by atoms with van der Waals surface area (Å²) in [5, 5.41) is 6.26. The number of anilines is 1. The van der Waals surface area contributed by atoms with Crippen molar-refractivity contribution in [2.45, 2.75) is 19.8 Å². The number of nitrogens with one attached hydrogen (secondary N) is 2. The number of carbonyl (C=O) groups is 1. The second-order valence-electron chi connectivity index (χ2n) is 5.47. The van der Waals surface area contributed by atoms with Crippen molar-refractivity contribution in [1.82, 2.24) is 10.6 Å². The Bertz CT molecular complexity index is 493. The van der Waals surface area contributed by atoms with Gasteiger partial charge in [0, 0.05) is 37.9 Å². The topological polar surface area (TPSA) is 44.4 Å². The van der Waals surface area contributed by atoms with Gasteiger partial charge in [-0.15, -0.1) is 0 Å². The number of hydrogen-bond donors (Lipinski definition) is 2. The van der Waals surface area contributed by atoms with Crippen molar-refractivity contribution in [2.24, 2.45) is 0 Å². The molecule has 4 nitrogen and oxygen atoms in total. The zero-order chi connectivity index (χ0) is 15.1. The zero-order valence-corrected chi connectivity index (χ0v) is 13.0. The highest BCUT2D eigenvalue weighted by Crippen LogP contribution is 2.14. The van der Waals surface area contributed by atoms with Gasteiger partial charge in [-0.05, 0) is 43.7 Å². The number of hydrogen-bond acceptors (Lipinski definition) is 3. The summed E-state index contributed by atoms with van der Waals surface area (Å²) in [7, 11) is 2.07. The van der Waals surface area contributed by atoms with Crippen molar-refractivity contribution < 1.29 is 4.79 Å². The van der Waals surface area contributed by atoms with E-state index in [0.29, 0.717) is 6.54 Å². The molecule has 1 aliphatic heterocycles. The molecule has 0 atom stereocenters. The van der Waals surface area contributed by atoms with E-state index in [-0.39, 0.29) is 5.91 Å². The molecule has 21 heavy (non-hydrogen) atoms. The maximum atomic E-state index is 12.1. The van der Waals surface area contributed by atoms with Crippen LogP contribution < -0.4 is 15.5 Å². The maximum absolute atomic E-state index is 12.1. The molecule has 0 saturated carbocycles. The Morgan fingerprint density at radius 2 is 2.10 bits per heavy atom. The molecule has 0 radical (unpaired) electrons. The van der Waals surface area contributed by atoms with Gasteiger partial charge in [0.05, 0.1) is 0 Å². The fourth-order valence-corrected chi connectivity index (χ4v) is 2.46. The SMILES string of the molecule is CCCN(C)c1ccc(C(=O)NCC2=CCNCC2)cc1. The minimum absolute atomic E-state index is 0.000808. The lowest BCUT2D eigenvalue weighted by atomic mass is 10.1. The highest BCUT2D eigenvalue weighted by Gasteiger charge is 2.08. The molecule has 0 bridgehead atoms. The average molecular weight is 287 g/mol. The van der Waals surface area contributed by atoms with E-state index >= 15 is 0 Å². The first kappa shape index (κ1) is 15.6. The Morgan fingerprint density at radius 3 is 2.71 bits per heavy atom. The van der Waals surface area contributed by atoms with Crippen LogP contribution in [0.4, 0.5) is 5.69 Å². The summed E-state index contributed by atoms with van der Waals surface area (Å²) in [6.07, 6.45) is 4.29. The van der Waals surface area contributed by atoms with E-state index in [9.17, 15) is 4.79 Å². The summed E-state index contributed by atoms with van der Waals surface area (Å²) < 4.78 is 0. The molecule has 0 fully saturated rings. The van der Waals surface area contributed by atoms with Gasteiger partial charge in [-0.3, -0.25) is 4.79 Å². The summed E-state index contributed by atoms with van der Waals surface area (Å²) in [4.78, 5) is 14.3. The summed E-state index contributed by atoms with van der Waals surface area (Å²) in [6, 6.07) is 7.81. The predicted octanol–water partition coefficient (Wildman–Crippen LogP) is 2.18. The highest BCUT2D eigenvalue weighted by atomic mass is 16.1. The molecule has 1 aliphatic rings. The Labute approximate surface area is 127 Å². The van der Waals surface area contributed by atoms with Crippen LogP contribution in [0, 0.1) is 0 Å². The number of benzene rings is 1. The lowest BCUT2D eigenvalue weighted by molar-refractivity contribution is 0.0956. The van der Waals surface area contributed by atoms with E-state index < -0.39 is 0 Å². The van der Waals surface area contributed by atoms with Gasteiger partial charge in [0.25, 0.3) is 5.91 Å². The zero-order valence-electron chi connectivity index (χ0n) is 13.0. The summed E-state index contributed by atoms with van der Waals surface area (Å²) >= 11 is 0. The minimum Gasteiger partial charge on any atom is -0.375 e. The predicted molar refractivity (Wildman–Crippen MR) is 87.9 cm³/mol. The van der Waals surface area contributed by atoms with Gasteiger partial charge in [0.1, 0.15) is 0 Å². The molecule has 1 amide bonds. The van der Waals surface area contributed by atoms with Crippen LogP contribution in [0.3, 0.4) is 0 Å². The van der Waals surface area contributed by atoms with Crippen LogP contribution in [0.15, 0.2) is 35.9 Å². The number of nitrogens with zero attached hydrogens (tertiary/aromatic N) is 1. The van der Waals surface area contributed by atoms with E-state index in [4.69, 9.17) is 0 Å². The molecule has 0 saturated heterocycles. The van der Waals surface area contributed by atoms with Gasteiger partial charge < -0.3 is 15.5 Å². The smallest absolute Gasteiger partial charge is 0.251 e. The molecular formula is C17H25N3O. The van der Waals surface area contributed by atoms with E-state index in [1.165, 1.54) is 5.57 Å². The van der Waals surface area contributed by atoms with Crippen molar-refractivity contribution in [3.8, 4) is 0 Å². The van der Waals surface area contributed by atoms with Crippen molar-refractivity contribution in [1.29, 1.82) is 0 Å². The molecule has 1 aromatic carbocycles. The van der Waals surface area contributed by atoms with Crippen LogP contribution in [0.25, 0.3) is 0 Å². The van der Waals surface area contributed by atoms with Crippen LogP contribution in [0.2, 0.25) is 0 Å². The molecule has 1 heterocycles. The number of amides is 1. The highest BCUT2D eigenvalue weighted by molar-refractivity contribution is 5.94. The average Bonchev–Trinajstić information content (AvgIpc) is 2.54. The molecule has 0 aliphatic carbocycles. The first-order valence-corrected chi connectivity index (χ1v) is 7.68.